The number of halogens is 8. The summed E-state index contributed by atoms with van der Waals surface area (Å²) in [7, 11) is -4.09. The van der Waals surface area contributed by atoms with Gasteiger partial charge in [-0.1, -0.05) is 23.2 Å². The van der Waals surface area contributed by atoms with Gasteiger partial charge in [0.1, 0.15) is 22.4 Å². The van der Waals surface area contributed by atoms with Gasteiger partial charge in [0, 0.05) is 24.8 Å². The van der Waals surface area contributed by atoms with Crippen LogP contribution in [0.25, 0.3) is 5.69 Å². The van der Waals surface area contributed by atoms with Crippen LogP contribution in [0.5, 0.6) is 5.75 Å². The summed E-state index contributed by atoms with van der Waals surface area (Å²) in [5, 5.41) is 13.2. The molecule has 0 saturated carbocycles. The highest BCUT2D eigenvalue weighted by Gasteiger charge is 2.46. The molecule has 4 rings (SSSR count). The molecule has 2 unspecified atom stereocenters. The normalized spacial score (nSPS) is 15.6. The van der Waals surface area contributed by atoms with Crippen molar-refractivity contribution < 1.29 is 49.7 Å². The van der Waals surface area contributed by atoms with E-state index in [2.05, 4.69) is 5.10 Å². The minimum atomic E-state index is -5.55. The van der Waals surface area contributed by atoms with Gasteiger partial charge in [0.2, 0.25) is 5.91 Å². The lowest BCUT2D eigenvalue weighted by Gasteiger charge is -2.25. The van der Waals surface area contributed by atoms with Crippen molar-refractivity contribution in [2.24, 2.45) is 5.92 Å². The van der Waals surface area contributed by atoms with E-state index in [9.17, 15) is 50.2 Å². The first kappa shape index (κ1) is 33.7. The summed E-state index contributed by atoms with van der Waals surface area (Å²) in [5.41, 5.74) is -8.50. The Morgan fingerprint density at radius 1 is 1.11 bits per heavy atom. The third-order valence-electron chi connectivity index (χ3n) is 6.47. The third-order valence-corrected chi connectivity index (χ3v) is 8.23. The number of alkyl halides is 6. The van der Waals surface area contributed by atoms with Crippen LogP contribution in [-0.2, 0) is 26.6 Å². The lowest BCUT2D eigenvalue weighted by molar-refractivity contribution is -0.142. The van der Waals surface area contributed by atoms with Crippen molar-refractivity contribution in [3.05, 3.63) is 57.2 Å². The van der Waals surface area contributed by atoms with Crippen LogP contribution < -0.4 is 15.0 Å². The first-order valence-corrected chi connectivity index (χ1v) is 14.4. The van der Waals surface area contributed by atoms with E-state index in [1.165, 1.54) is 24.3 Å². The Morgan fingerprint density at radius 3 is 2.22 bits per heavy atom. The third kappa shape index (κ3) is 6.35. The average molecular weight is 696 g/mol. The number of nitrogens with zero attached hydrogens (tertiary/aromatic N) is 4. The number of hydrogen-bond acceptors (Lipinski definition) is 8. The predicted octanol–water partition coefficient (Wildman–Crippen LogP) is 5.90. The monoisotopic (exact) mass is 695 g/mol. The van der Waals surface area contributed by atoms with E-state index < -0.39 is 83.8 Å². The van der Waals surface area contributed by atoms with Crippen LogP contribution in [-0.4, -0.2) is 50.2 Å². The molecule has 10 nitrogen and oxygen atoms in total. The van der Waals surface area contributed by atoms with Gasteiger partial charge < -0.3 is 15.0 Å². The summed E-state index contributed by atoms with van der Waals surface area (Å²) >= 11 is 12.0. The molecule has 3 aromatic rings. The Kier molecular flexibility index (Phi) is 9.25. The van der Waals surface area contributed by atoms with Crippen LogP contribution in [0, 0.1) is 17.2 Å². The summed E-state index contributed by atoms with van der Waals surface area (Å²) < 4.78 is 98.8. The van der Waals surface area contributed by atoms with Crippen LogP contribution in [0.2, 0.25) is 10.0 Å². The molecule has 0 radical (unpaired) electrons. The molecule has 1 aliphatic heterocycles. The average Bonchev–Trinajstić information content (AvgIpc) is 3.28. The molecule has 0 bridgehead atoms. The predicted molar refractivity (Wildman–Crippen MR) is 148 cm³/mol. The number of Topliss-reactive ketones (excluding diaryl/α,β-unsaturated/α-hetero) is 1. The van der Waals surface area contributed by atoms with Gasteiger partial charge in [-0.05, 0) is 38.1 Å². The summed E-state index contributed by atoms with van der Waals surface area (Å²) in [6.07, 6.45) is -4.96. The Morgan fingerprint density at radius 2 is 1.71 bits per heavy atom. The largest absolute Gasteiger partial charge is 0.476 e. The van der Waals surface area contributed by atoms with E-state index in [1.54, 1.807) is 0 Å². The first-order valence-electron chi connectivity index (χ1n) is 12.5. The van der Waals surface area contributed by atoms with E-state index in [1.807, 2.05) is 24.1 Å². The van der Waals surface area contributed by atoms with Gasteiger partial charge in [-0.15, -0.1) is 0 Å². The molecular weight excluding hydrogens is 679 g/mol. The minimum Gasteiger partial charge on any atom is -0.425 e. The number of ketones is 1. The molecule has 0 saturated heterocycles. The molecule has 19 heteroatoms. The summed E-state index contributed by atoms with van der Waals surface area (Å²) in [5.74, 6) is -7.83. The molecule has 0 fully saturated rings. The van der Waals surface area contributed by atoms with Gasteiger partial charge in [-0.3, -0.25) is 14.4 Å². The van der Waals surface area contributed by atoms with Gasteiger partial charge in [0.25, 0.3) is 0 Å². The van der Waals surface area contributed by atoms with Gasteiger partial charge in [0.15, 0.2) is 34.0 Å². The number of fused-ring (bicyclic) bond motifs is 1. The molecule has 2 aromatic carbocycles. The van der Waals surface area contributed by atoms with Gasteiger partial charge >= 0.3 is 17.7 Å². The number of anilines is 2. The van der Waals surface area contributed by atoms with Crippen molar-refractivity contribution >= 4 is 63.2 Å². The molecule has 2 atom stereocenters. The molecule has 2 heterocycles. The molecule has 0 spiro atoms. The fourth-order valence-corrected chi connectivity index (χ4v) is 5.85. The number of carbonyl (C=O) groups is 3. The van der Waals surface area contributed by atoms with E-state index in [-0.39, 0.29) is 16.0 Å². The molecule has 45 heavy (non-hydrogen) atoms. The second kappa shape index (κ2) is 12.3. The molecule has 1 aliphatic rings. The van der Waals surface area contributed by atoms with Crippen molar-refractivity contribution in [2.45, 2.75) is 30.4 Å². The Labute approximate surface area is 261 Å². The van der Waals surface area contributed by atoms with Crippen LogP contribution in [0.1, 0.15) is 35.5 Å². The highest BCUT2D eigenvalue weighted by atomic mass is 35.5. The molecule has 1 aromatic heterocycles. The molecule has 1 N–H and O–H groups in total. The van der Waals surface area contributed by atoms with Crippen LogP contribution >= 0.6 is 23.2 Å². The molecule has 1 amide bonds. The number of esters is 1. The molecule has 0 aliphatic carbocycles. The molecule has 238 valence electrons. The van der Waals surface area contributed by atoms with Gasteiger partial charge in [-0.2, -0.15) is 36.7 Å². The zero-order valence-electron chi connectivity index (χ0n) is 22.6. The number of benzene rings is 2. The standard InChI is InChI=1S/C26H17Cl2F6N5O5S/c1-3-38(4-2)12-5-6-13-17(9-12)44-24(42)18(20(13)40)23(41)36-22-21(45(43)26(32,33)34)16(10-35)37-39(22)19-14(27)7-11(8-15(19)28)25(29,30)31/h5-9,18H,3-4H2,1-2H3,(H,36,41). The van der Waals surface area contributed by atoms with Crippen molar-refractivity contribution in [3.63, 3.8) is 0 Å². The second-order valence-electron chi connectivity index (χ2n) is 9.11. The number of rotatable bonds is 7. The van der Waals surface area contributed by atoms with Crippen LogP contribution in [0.3, 0.4) is 0 Å². The maximum absolute atomic E-state index is 13.6. The quantitative estimate of drug-likeness (QED) is 0.140. The lowest BCUT2D eigenvalue weighted by atomic mass is 9.93. The van der Waals surface area contributed by atoms with E-state index >= 15 is 0 Å². The number of nitriles is 1. The fraction of sp³-hybridized carbons (Fsp3) is 0.269. The molecular formula is C26H17Cl2F6N5O5S. The summed E-state index contributed by atoms with van der Waals surface area (Å²) in [4.78, 5) is 39.9. The second-order valence-corrected chi connectivity index (χ2v) is 11.3. The van der Waals surface area contributed by atoms with E-state index in [0.29, 0.717) is 30.9 Å². The fourth-order valence-electron chi connectivity index (χ4n) is 4.40. The van der Waals surface area contributed by atoms with Gasteiger partial charge in [-0.25, -0.2) is 8.89 Å². The zero-order valence-corrected chi connectivity index (χ0v) is 25.0. The van der Waals surface area contributed by atoms with E-state index in [0.717, 1.165) is 0 Å². The van der Waals surface area contributed by atoms with Crippen LogP contribution in [0.4, 0.5) is 37.8 Å². The number of amides is 1. The lowest BCUT2D eigenvalue weighted by Crippen LogP contribution is -2.42. The summed E-state index contributed by atoms with van der Waals surface area (Å²) in [6, 6.07) is 6.13. The van der Waals surface area contributed by atoms with Gasteiger partial charge in [0.05, 0.1) is 21.2 Å². The SMILES string of the molecule is CCN(CC)c1ccc2c(c1)OC(=O)C(C(=O)Nc1c(S(=O)C(F)(F)F)c(C#N)nn1-c1c(Cl)cc(C(F)(F)F)cc1Cl)C2=O. The van der Waals surface area contributed by atoms with Crippen molar-refractivity contribution in [1.29, 1.82) is 5.26 Å². The zero-order chi connectivity index (χ0) is 33.6. The highest BCUT2D eigenvalue weighted by molar-refractivity contribution is 7.86. The number of ether oxygens (including phenoxy) is 1. The first-order chi connectivity index (χ1) is 20.9. The number of carbonyl (C=O) groups excluding carboxylic acids is 3. The Bertz CT molecular complexity index is 1780. The van der Waals surface area contributed by atoms with Crippen molar-refractivity contribution in [3.8, 4) is 17.5 Å². The van der Waals surface area contributed by atoms with Crippen LogP contribution in [0.15, 0.2) is 35.2 Å². The Hall–Kier alpha value is -4.14. The minimum absolute atomic E-state index is 0.183. The topological polar surface area (TPSA) is 134 Å². The van der Waals surface area contributed by atoms with Crippen molar-refractivity contribution in [2.75, 3.05) is 23.3 Å². The van der Waals surface area contributed by atoms with Crippen molar-refractivity contribution in [1.82, 2.24) is 9.78 Å². The number of aromatic nitrogens is 2. The number of nitrogens with one attached hydrogen (secondary N) is 1. The number of hydrogen-bond donors (Lipinski definition) is 1. The van der Waals surface area contributed by atoms with E-state index in [4.69, 9.17) is 27.9 Å². The maximum atomic E-state index is 13.6. The highest BCUT2D eigenvalue weighted by Crippen LogP contribution is 2.41. The Balaban J connectivity index is 1.85. The smallest absolute Gasteiger partial charge is 0.425 e. The summed E-state index contributed by atoms with van der Waals surface area (Å²) in [6.45, 7) is 4.84. The maximum Gasteiger partial charge on any atom is 0.476 e.